The molecule has 0 amide bonds. The van der Waals surface area contributed by atoms with Gasteiger partial charge >= 0.3 is 0 Å². The first kappa shape index (κ1) is 15.8. The number of anilines is 2. The number of nitrogens with two attached hydrogens (primary N) is 1. The van der Waals surface area contributed by atoms with E-state index in [4.69, 9.17) is 5.73 Å². The minimum atomic E-state index is -3.87. The predicted molar refractivity (Wildman–Crippen MR) is 91.2 cm³/mol. The van der Waals surface area contributed by atoms with Crippen LogP contribution < -0.4 is 16.4 Å². The van der Waals surface area contributed by atoms with Gasteiger partial charge < -0.3 is 16.4 Å². The third-order valence-corrected chi connectivity index (χ3v) is 6.23. The second kappa shape index (κ2) is 5.70. The lowest BCUT2D eigenvalue weighted by Crippen LogP contribution is -2.33. The normalized spacial score (nSPS) is 28.5. The zero-order chi connectivity index (χ0) is 16.9. The van der Waals surface area contributed by atoms with Crippen molar-refractivity contribution in [1.82, 2.24) is 0 Å². The van der Waals surface area contributed by atoms with E-state index < -0.39 is 15.8 Å². The molecule has 0 saturated heterocycles. The highest BCUT2D eigenvalue weighted by Gasteiger charge is 2.36. The summed E-state index contributed by atoms with van der Waals surface area (Å²) in [5, 5.41) is 6.44. The van der Waals surface area contributed by atoms with Crippen LogP contribution in [0.1, 0.15) is 38.5 Å². The molecule has 0 aromatic heterocycles. The second-order valence-corrected chi connectivity index (χ2v) is 8.51. The first-order valence-corrected chi connectivity index (χ1v) is 9.84. The fourth-order valence-corrected chi connectivity index (χ4v) is 4.61. The lowest BCUT2D eigenvalue weighted by molar-refractivity contribution is 0.411. The van der Waals surface area contributed by atoms with E-state index in [9.17, 15) is 12.8 Å². The van der Waals surface area contributed by atoms with Crippen molar-refractivity contribution >= 4 is 27.2 Å². The number of nitrogens with zero attached hydrogens (tertiary/aromatic N) is 1. The Kier molecular flexibility index (Phi) is 3.76. The number of fused-ring (bicyclic) bond motifs is 1. The second-order valence-electron chi connectivity index (χ2n) is 6.93. The van der Waals surface area contributed by atoms with Crippen molar-refractivity contribution in [2.24, 2.45) is 16.0 Å². The van der Waals surface area contributed by atoms with Crippen LogP contribution in [0.4, 0.5) is 15.8 Å². The number of sulfonamides is 1. The molecule has 3 aliphatic rings. The highest BCUT2D eigenvalue weighted by molar-refractivity contribution is 7.90. The van der Waals surface area contributed by atoms with E-state index >= 15 is 0 Å². The van der Waals surface area contributed by atoms with E-state index in [1.807, 2.05) is 0 Å². The summed E-state index contributed by atoms with van der Waals surface area (Å²) in [5.41, 5.74) is 6.83. The van der Waals surface area contributed by atoms with Crippen LogP contribution in [0.15, 0.2) is 21.4 Å². The van der Waals surface area contributed by atoms with Gasteiger partial charge in [-0.15, -0.1) is 4.40 Å². The Morgan fingerprint density at radius 3 is 2.54 bits per heavy atom. The Labute approximate surface area is 140 Å². The summed E-state index contributed by atoms with van der Waals surface area (Å²) in [6, 6.07) is 2.78. The molecule has 8 heteroatoms. The van der Waals surface area contributed by atoms with E-state index in [0.717, 1.165) is 44.6 Å². The molecule has 2 saturated carbocycles. The van der Waals surface area contributed by atoms with Crippen molar-refractivity contribution < 1.29 is 12.8 Å². The van der Waals surface area contributed by atoms with Gasteiger partial charge in [-0.25, -0.2) is 4.39 Å². The number of rotatable bonds is 3. The summed E-state index contributed by atoms with van der Waals surface area (Å²) < 4.78 is 42.6. The maximum Gasteiger partial charge on any atom is 0.286 e. The smallest absolute Gasteiger partial charge is 0.286 e. The first-order chi connectivity index (χ1) is 11.4. The number of hydrogen-bond donors (Lipinski definition) is 3. The molecule has 6 nitrogen and oxygen atoms in total. The monoisotopic (exact) mass is 352 g/mol. The Morgan fingerprint density at radius 1 is 1.17 bits per heavy atom. The third-order valence-electron chi connectivity index (χ3n) is 4.91. The molecule has 4 rings (SSSR count). The molecule has 0 unspecified atom stereocenters. The van der Waals surface area contributed by atoms with Gasteiger partial charge in [-0.2, -0.15) is 8.42 Å². The van der Waals surface area contributed by atoms with Gasteiger partial charge in [-0.05, 0) is 50.7 Å². The maximum absolute atomic E-state index is 14.0. The summed E-state index contributed by atoms with van der Waals surface area (Å²) >= 11 is 0. The van der Waals surface area contributed by atoms with Gasteiger partial charge in [0.15, 0.2) is 0 Å². The maximum atomic E-state index is 14.0. The molecule has 2 aliphatic carbocycles. The van der Waals surface area contributed by atoms with Crippen LogP contribution in [-0.4, -0.2) is 26.3 Å². The molecular weight excluding hydrogens is 331 g/mol. The number of benzene rings is 1. The molecule has 0 spiro atoms. The first-order valence-electron chi connectivity index (χ1n) is 8.40. The zero-order valence-corrected chi connectivity index (χ0v) is 14.1. The predicted octanol–water partition coefficient (Wildman–Crippen LogP) is 2.43. The van der Waals surface area contributed by atoms with E-state index in [2.05, 4.69) is 15.0 Å². The fraction of sp³-hybridized carbons (Fsp3) is 0.562. The summed E-state index contributed by atoms with van der Waals surface area (Å²) in [6.45, 7) is 0. The highest BCUT2D eigenvalue weighted by Crippen LogP contribution is 2.40. The average molecular weight is 352 g/mol. The van der Waals surface area contributed by atoms with Gasteiger partial charge in [-0.3, -0.25) is 0 Å². The highest BCUT2D eigenvalue weighted by atomic mass is 32.2. The summed E-state index contributed by atoms with van der Waals surface area (Å²) in [4.78, 5) is -0.0955. The van der Waals surface area contributed by atoms with Crippen LogP contribution in [0.2, 0.25) is 0 Å². The Bertz CT molecular complexity index is 797. The zero-order valence-electron chi connectivity index (χ0n) is 13.3. The summed E-state index contributed by atoms with van der Waals surface area (Å²) in [5.74, 6) is 0.0561. The van der Waals surface area contributed by atoms with Gasteiger partial charge in [0.05, 0.1) is 11.4 Å². The minimum absolute atomic E-state index is 0.0955. The van der Waals surface area contributed by atoms with Gasteiger partial charge in [0.25, 0.3) is 10.0 Å². The quantitative estimate of drug-likeness (QED) is 0.776. The lowest BCUT2D eigenvalue weighted by atomic mass is 9.91. The van der Waals surface area contributed by atoms with Crippen molar-refractivity contribution in [2.45, 2.75) is 55.5 Å². The van der Waals surface area contributed by atoms with Crippen molar-refractivity contribution in [2.75, 3.05) is 10.6 Å². The summed E-state index contributed by atoms with van der Waals surface area (Å²) in [6.07, 6.45) is 5.47. The number of nitrogens with one attached hydrogen (secondary N) is 2. The van der Waals surface area contributed by atoms with Crippen LogP contribution in [0.3, 0.4) is 0 Å². The number of hydrogen-bond acceptors (Lipinski definition) is 5. The molecule has 0 atom stereocenters. The Morgan fingerprint density at radius 2 is 1.88 bits per heavy atom. The van der Waals surface area contributed by atoms with Gasteiger partial charge in [-0.1, -0.05) is 0 Å². The average Bonchev–Trinajstić information content (AvgIpc) is 3.35. The molecule has 4 N–H and O–H groups in total. The Hall–Kier alpha value is -1.67. The van der Waals surface area contributed by atoms with E-state index in [0.29, 0.717) is 17.2 Å². The van der Waals surface area contributed by atoms with Crippen LogP contribution in [0, 0.1) is 11.7 Å². The van der Waals surface area contributed by atoms with Gasteiger partial charge in [0, 0.05) is 18.0 Å². The topological polar surface area (TPSA) is 96.6 Å². The van der Waals surface area contributed by atoms with Crippen LogP contribution in [0.25, 0.3) is 0 Å². The van der Waals surface area contributed by atoms with Crippen LogP contribution in [0.5, 0.6) is 0 Å². The fourth-order valence-electron chi connectivity index (χ4n) is 3.37. The molecule has 2 fully saturated rings. The van der Waals surface area contributed by atoms with Crippen LogP contribution in [-0.2, 0) is 10.0 Å². The van der Waals surface area contributed by atoms with Crippen molar-refractivity contribution in [3.8, 4) is 0 Å². The lowest BCUT2D eigenvalue weighted by Gasteiger charge is -2.29. The van der Waals surface area contributed by atoms with Crippen molar-refractivity contribution in [3.63, 3.8) is 0 Å². The third kappa shape index (κ3) is 3.00. The molecule has 24 heavy (non-hydrogen) atoms. The minimum Gasteiger partial charge on any atom is -0.381 e. The van der Waals surface area contributed by atoms with E-state index in [1.54, 1.807) is 0 Å². The molecule has 1 heterocycles. The largest absolute Gasteiger partial charge is 0.381 e. The summed E-state index contributed by atoms with van der Waals surface area (Å²) in [7, 11) is -3.87. The molecule has 1 aromatic rings. The Balaban J connectivity index is 1.68. The SMILES string of the molecule is NC1CCC(Nc2cc(F)cc3c2NC(C2CC2)=NS3(=O)=O)CC1. The molecule has 0 bridgehead atoms. The molecule has 0 radical (unpaired) electrons. The number of halogens is 1. The van der Waals surface area contributed by atoms with E-state index in [-0.39, 0.29) is 22.9 Å². The van der Waals surface area contributed by atoms with Crippen molar-refractivity contribution in [3.05, 3.63) is 17.9 Å². The molecular formula is C16H21FN4O2S. The van der Waals surface area contributed by atoms with Crippen LogP contribution >= 0.6 is 0 Å². The van der Waals surface area contributed by atoms with Crippen molar-refractivity contribution in [1.29, 1.82) is 0 Å². The van der Waals surface area contributed by atoms with Gasteiger partial charge in [0.2, 0.25) is 0 Å². The molecule has 1 aromatic carbocycles. The molecule has 1 aliphatic heterocycles. The molecule has 130 valence electrons. The van der Waals surface area contributed by atoms with Gasteiger partial charge in [0.1, 0.15) is 16.5 Å². The van der Waals surface area contributed by atoms with E-state index in [1.165, 1.54) is 6.07 Å². The number of amidine groups is 1. The standard InChI is InChI=1S/C16H21FN4O2S/c17-10-7-13(19-12-5-3-11(18)4-6-12)15-14(8-10)24(22,23)21-16(20-15)9-1-2-9/h7-9,11-12,19H,1-6,18H2,(H,20,21).